The van der Waals surface area contributed by atoms with Gasteiger partial charge < -0.3 is 25.0 Å². The lowest BCUT2D eigenvalue weighted by Gasteiger charge is -2.14. The summed E-state index contributed by atoms with van der Waals surface area (Å²) in [6.45, 7) is 1.60. The smallest absolute Gasteiger partial charge is 0.225 e. The van der Waals surface area contributed by atoms with E-state index in [9.17, 15) is 0 Å². The van der Waals surface area contributed by atoms with Crippen LogP contribution in [0.15, 0.2) is 48.8 Å². The summed E-state index contributed by atoms with van der Waals surface area (Å²) in [5, 5.41) is 6.60. The minimum atomic E-state index is 0.547. The number of likely N-dealkylation sites (N-methyl/N-ethyl adjacent to an activating group) is 1. The molecule has 0 unspecified atom stereocenters. The normalized spacial score (nSPS) is 10.7. The monoisotopic (exact) mass is 394 g/mol. The lowest BCUT2D eigenvalue weighted by molar-refractivity contribution is 0.395. The van der Waals surface area contributed by atoms with Crippen molar-refractivity contribution in [3.8, 4) is 22.8 Å². The van der Waals surface area contributed by atoms with Crippen LogP contribution in [-0.2, 0) is 0 Å². The van der Waals surface area contributed by atoms with Gasteiger partial charge in [0.05, 0.1) is 19.9 Å². The Morgan fingerprint density at radius 1 is 1.00 bits per heavy atom. The van der Waals surface area contributed by atoms with Gasteiger partial charge in [-0.25, -0.2) is 4.98 Å². The molecule has 3 rings (SSSR count). The minimum absolute atomic E-state index is 0.547. The number of pyridine rings is 1. The molecule has 0 atom stereocenters. The second-order valence-corrected chi connectivity index (χ2v) is 6.66. The Balaban J connectivity index is 1.92. The second kappa shape index (κ2) is 9.70. The largest absolute Gasteiger partial charge is 0.497 e. The fourth-order valence-corrected chi connectivity index (χ4v) is 2.67. The van der Waals surface area contributed by atoms with E-state index in [-0.39, 0.29) is 0 Å². The fourth-order valence-electron chi connectivity index (χ4n) is 2.67. The third kappa shape index (κ3) is 5.79. The molecule has 8 heteroatoms. The molecule has 29 heavy (non-hydrogen) atoms. The molecule has 0 saturated heterocycles. The van der Waals surface area contributed by atoms with Crippen molar-refractivity contribution in [1.29, 1.82) is 0 Å². The molecule has 0 radical (unpaired) electrons. The third-order valence-corrected chi connectivity index (χ3v) is 4.15. The van der Waals surface area contributed by atoms with E-state index in [1.807, 2.05) is 50.5 Å². The summed E-state index contributed by atoms with van der Waals surface area (Å²) in [5.74, 6) is 2.59. The van der Waals surface area contributed by atoms with Crippen LogP contribution in [0.3, 0.4) is 0 Å². The van der Waals surface area contributed by atoms with Crippen LogP contribution < -0.4 is 20.1 Å². The van der Waals surface area contributed by atoms with Gasteiger partial charge in [0.1, 0.15) is 17.3 Å². The average molecular weight is 394 g/mol. The maximum atomic E-state index is 5.35. The van der Waals surface area contributed by atoms with Gasteiger partial charge in [-0.2, -0.15) is 4.98 Å². The summed E-state index contributed by atoms with van der Waals surface area (Å²) in [6.07, 6.45) is 3.52. The van der Waals surface area contributed by atoms with Gasteiger partial charge in [-0.05, 0) is 26.2 Å². The molecular formula is C21H26N6O2. The number of hydrogen-bond donors (Lipinski definition) is 2. The van der Waals surface area contributed by atoms with Crippen molar-refractivity contribution in [2.45, 2.75) is 0 Å². The standard InChI is InChI=1S/C21H26N6O2/c1-27(2)9-8-23-21-25-19(15-6-5-7-22-14-15)13-20(26-21)24-16-10-17(28-3)12-18(11-16)29-4/h5-7,10-14H,8-9H2,1-4H3,(H2,23,24,25,26). The SMILES string of the molecule is COc1cc(Nc2cc(-c3cccnc3)nc(NCCN(C)C)n2)cc(OC)c1. The lowest BCUT2D eigenvalue weighted by atomic mass is 10.2. The van der Waals surface area contributed by atoms with Gasteiger partial charge in [-0.1, -0.05) is 0 Å². The van der Waals surface area contributed by atoms with E-state index in [0.29, 0.717) is 23.3 Å². The number of benzene rings is 1. The summed E-state index contributed by atoms with van der Waals surface area (Å²) in [4.78, 5) is 15.5. The number of aromatic nitrogens is 3. The number of rotatable bonds is 9. The van der Waals surface area contributed by atoms with Crippen molar-refractivity contribution < 1.29 is 9.47 Å². The highest BCUT2D eigenvalue weighted by atomic mass is 16.5. The van der Waals surface area contributed by atoms with Crippen molar-refractivity contribution >= 4 is 17.5 Å². The first kappa shape index (κ1) is 20.3. The van der Waals surface area contributed by atoms with E-state index in [0.717, 1.165) is 30.0 Å². The number of hydrogen-bond acceptors (Lipinski definition) is 8. The topological polar surface area (TPSA) is 84.4 Å². The van der Waals surface area contributed by atoms with E-state index in [1.165, 1.54) is 0 Å². The summed E-state index contributed by atoms with van der Waals surface area (Å²) in [7, 11) is 7.29. The van der Waals surface area contributed by atoms with Crippen LogP contribution >= 0.6 is 0 Å². The summed E-state index contributed by atoms with van der Waals surface area (Å²) >= 11 is 0. The zero-order valence-corrected chi connectivity index (χ0v) is 17.1. The zero-order valence-electron chi connectivity index (χ0n) is 17.1. The number of ether oxygens (including phenoxy) is 2. The molecular weight excluding hydrogens is 368 g/mol. The molecule has 0 aliphatic heterocycles. The highest BCUT2D eigenvalue weighted by Gasteiger charge is 2.09. The van der Waals surface area contributed by atoms with Crippen molar-refractivity contribution in [1.82, 2.24) is 19.9 Å². The maximum Gasteiger partial charge on any atom is 0.225 e. The molecule has 0 aliphatic rings. The predicted molar refractivity (Wildman–Crippen MR) is 115 cm³/mol. The number of anilines is 3. The first-order valence-corrected chi connectivity index (χ1v) is 9.25. The second-order valence-electron chi connectivity index (χ2n) is 6.66. The summed E-state index contributed by atoms with van der Waals surface area (Å²) in [6, 6.07) is 11.3. The molecule has 152 valence electrons. The molecule has 0 aliphatic carbocycles. The molecule has 0 fully saturated rings. The van der Waals surface area contributed by atoms with Gasteiger partial charge in [0, 0.05) is 61.0 Å². The van der Waals surface area contributed by atoms with Gasteiger partial charge in [0.2, 0.25) is 5.95 Å². The van der Waals surface area contributed by atoms with Crippen LogP contribution in [0.4, 0.5) is 17.5 Å². The minimum Gasteiger partial charge on any atom is -0.497 e. The predicted octanol–water partition coefficient (Wildman–Crippen LogP) is 3.27. The van der Waals surface area contributed by atoms with Crippen LogP contribution in [0, 0.1) is 0 Å². The van der Waals surface area contributed by atoms with Crippen molar-refractivity contribution in [2.75, 3.05) is 52.0 Å². The Kier molecular flexibility index (Phi) is 6.80. The maximum absolute atomic E-state index is 5.35. The van der Waals surface area contributed by atoms with Crippen LogP contribution in [0.5, 0.6) is 11.5 Å². The number of nitrogens with zero attached hydrogens (tertiary/aromatic N) is 4. The van der Waals surface area contributed by atoms with Crippen LogP contribution in [-0.4, -0.2) is 61.3 Å². The van der Waals surface area contributed by atoms with E-state index in [2.05, 4.69) is 30.5 Å². The van der Waals surface area contributed by atoms with E-state index in [1.54, 1.807) is 26.6 Å². The van der Waals surface area contributed by atoms with Gasteiger partial charge in [-0.15, -0.1) is 0 Å². The van der Waals surface area contributed by atoms with E-state index in [4.69, 9.17) is 9.47 Å². The molecule has 0 saturated carbocycles. The van der Waals surface area contributed by atoms with Gasteiger partial charge in [0.25, 0.3) is 0 Å². The van der Waals surface area contributed by atoms with E-state index >= 15 is 0 Å². The molecule has 0 spiro atoms. The first-order chi connectivity index (χ1) is 14.1. The highest BCUT2D eigenvalue weighted by molar-refractivity contribution is 5.68. The Morgan fingerprint density at radius 3 is 2.38 bits per heavy atom. The third-order valence-electron chi connectivity index (χ3n) is 4.15. The Hall–Kier alpha value is -3.39. The fraction of sp³-hybridized carbons (Fsp3) is 0.286. The quantitative estimate of drug-likeness (QED) is 0.572. The molecule has 2 heterocycles. The first-order valence-electron chi connectivity index (χ1n) is 9.25. The Labute approximate surface area is 170 Å². The molecule has 2 aromatic heterocycles. The van der Waals surface area contributed by atoms with Crippen molar-refractivity contribution in [3.63, 3.8) is 0 Å². The van der Waals surface area contributed by atoms with Gasteiger partial charge in [-0.3, -0.25) is 4.98 Å². The van der Waals surface area contributed by atoms with Crippen LogP contribution in [0.2, 0.25) is 0 Å². The summed E-state index contributed by atoms with van der Waals surface area (Å²) in [5.41, 5.74) is 2.49. The average Bonchev–Trinajstić information content (AvgIpc) is 2.73. The van der Waals surface area contributed by atoms with Crippen LogP contribution in [0.1, 0.15) is 0 Å². The molecule has 0 amide bonds. The number of nitrogens with one attached hydrogen (secondary N) is 2. The Morgan fingerprint density at radius 2 is 1.76 bits per heavy atom. The lowest BCUT2D eigenvalue weighted by Crippen LogP contribution is -2.21. The number of methoxy groups -OCH3 is 2. The molecule has 8 nitrogen and oxygen atoms in total. The molecule has 2 N–H and O–H groups in total. The molecule has 0 bridgehead atoms. The Bertz CT molecular complexity index is 911. The van der Waals surface area contributed by atoms with Gasteiger partial charge in [0.15, 0.2) is 0 Å². The summed E-state index contributed by atoms with van der Waals surface area (Å²) < 4.78 is 10.7. The van der Waals surface area contributed by atoms with Crippen molar-refractivity contribution in [2.24, 2.45) is 0 Å². The molecule has 1 aromatic carbocycles. The highest BCUT2D eigenvalue weighted by Crippen LogP contribution is 2.29. The molecule has 3 aromatic rings. The van der Waals surface area contributed by atoms with Crippen molar-refractivity contribution in [3.05, 3.63) is 48.8 Å². The van der Waals surface area contributed by atoms with Crippen LogP contribution in [0.25, 0.3) is 11.3 Å². The van der Waals surface area contributed by atoms with E-state index < -0.39 is 0 Å². The van der Waals surface area contributed by atoms with Gasteiger partial charge >= 0.3 is 0 Å². The zero-order chi connectivity index (χ0) is 20.6.